The van der Waals surface area contributed by atoms with Crippen molar-refractivity contribution in [2.24, 2.45) is 0 Å². The zero-order valence-electron chi connectivity index (χ0n) is 13.9. The number of phenols is 1. The predicted molar refractivity (Wildman–Crippen MR) is 92.7 cm³/mol. The summed E-state index contributed by atoms with van der Waals surface area (Å²) in [6, 6.07) is 6.59. The van der Waals surface area contributed by atoms with Crippen molar-refractivity contribution in [1.82, 2.24) is 5.32 Å². The first-order valence-electron chi connectivity index (χ1n) is 8.75. The Morgan fingerprint density at radius 3 is 2.09 bits per heavy atom. The topological polar surface area (TPSA) is 66.4 Å². The maximum absolute atomic E-state index is 11.9. The van der Waals surface area contributed by atoms with Gasteiger partial charge in [-0.15, -0.1) is 0 Å². The summed E-state index contributed by atoms with van der Waals surface area (Å²) in [5.41, 5.74) is 0.335. The zero-order valence-corrected chi connectivity index (χ0v) is 13.9. The molecule has 0 aliphatic rings. The van der Waals surface area contributed by atoms with Crippen LogP contribution >= 0.6 is 0 Å². The summed E-state index contributed by atoms with van der Waals surface area (Å²) in [5, 5.41) is 12.4. The van der Waals surface area contributed by atoms with Crippen LogP contribution in [0, 0.1) is 0 Å². The molecule has 0 fully saturated rings. The largest absolute Gasteiger partial charge is 0.507 e. The Labute approximate surface area is 139 Å². The van der Waals surface area contributed by atoms with E-state index in [-0.39, 0.29) is 11.7 Å². The van der Waals surface area contributed by atoms with Crippen molar-refractivity contribution in [1.29, 1.82) is 0 Å². The van der Waals surface area contributed by atoms with Gasteiger partial charge in [0.25, 0.3) is 5.91 Å². The molecule has 0 aliphatic carbocycles. The molecule has 1 aromatic rings. The van der Waals surface area contributed by atoms with Crippen LogP contribution in [0.5, 0.6) is 5.75 Å². The van der Waals surface area contributed by atoms with Crippen LogP contribution in [0.3, 0.4) is 0 Å². The van der Waals surface area contributed by atoms with E-state index in [0.29, 0.717) is 18.5 Å². The Balaban J connectivity index is 1.93. The second-order valence-corrected chi connectivity index (χ2v) is 5.91. The standard InChI is InChI=1S/C19H29NO3/c21-16-12-8-6-4-2-1-3-5-7-11-15-20-19(23)17-13-9-10-14-18(17)22/h9-10,13-14,16,22H,1-8,11-12,15H2,(H,20,23). The van der Waals surface area contributed by atoms with E-state index in [2.05, 4.69) is 5.32 Å². The second-order valence-electron chi connectivity index (χ2n) is 5.91. The molecule has 0 unspecified atom stereocenters. The van der Waals surface area contributed by atoms with E-state index in [1.807, 2.05) is 0 Å². The number of hydrogen-bond acceptors (Lipinski definition) is 3. The van der Waals surface area contributed by atoms with Crippen LogP contribution in [-0.2, 0) is 4.79 Å². The number of phenolic OH excluding ortho intramolecular Hbond substituents is 1. The highest BCUT2D eigenvalue weighted by atomic mass is 16.3. The number of carbonyl (C=O) groups is 2. The first-order valence-corrected chi connectivity index (χ1v) is 8.75. The van der Waals surface area contributed by atoms with Gasteiger partial charge in [-0.2, -0.15) is 0 Å². The first kappa shape index (κ1) is 19.2. The molecule has 2 N–H and O–H groups in total. The van der Waals surface area contributed by atoms with Crippen LogP contribution in [0.1, 0.15) is 74.6 Å². The lowest BCUT2D eigenvalue weighted by Gasteiger charge is -2.06. The van der Waals surface area contributed by atoms with Crippen LogP contribution in [0.15, 0.2) is 24.3 Å². The molecule has 0 aliphatic heterocycles. The molecule has 23 heavy (non-hydrogen) atoms. The molecular formula is C19H29NO3. The smallest absolute Gasteiger partial charge is 0.255 e. The number of rotatable bonds is 13. The van der Waals surface area contributed by atoms with Gasteiger partial charge in [-0.05, 0) is 25.0 Å². The number of hydrogen-bond donors (Lipinski definition) is 2. The minimum atomic E-state index is -0.210. The van der Waals surface area contributed by atoms with Gasteiger partial charge in [0.05, 0.1) is 5.56 Å². The molecule has 0 aromatic heterocycles. The quantitative estimate of drug-likeness (QED) is 0.422. The minimum Gasteiger partial charge on any atom is -0.507 e. The number of unbranched alkanes of at least 4 members (excludes halogenated alkanes) is 9. The van der Waals surface area contributed by atoms with Crippen molar-refractivity contribution < 1.29 is 14.7 Å². The first-order chi connectivity index (χ1) is 11.3. The molecule has 0 saturated carbocycles. The lowest BCUT2D eigenvalue weighted by molar-refractivity contribution is -0.107. The maximum atomic E-state index is 11.9. The Bertz CT molecular complexity index is 460. The number of carbonyl (C=O) groups excluding carboxylic acids is 2. The SMILES string of the molecule is O=CCCCCCCCCCCCNC(=O)c1ccccc1O. The third-order valence-electron chi connectivity index (χ3n) is 3.93. The summed E-state index contributed by atoms with van der Waals surface area (Å²) in [6.07, 6.45) is 12.1. The lowest BCUT2D eigenvalue weighted by Crippen LogP contribution is -2.24. The fourth-order valence-corrected chi connectivity index (χ4v) is 2.55. The summed E-state index contributed by atoms with van der Waals surface area (Å²) >= 11 is 0. The Morgan fingerprint density at radius 1 is 0.913 bits per heavy atom. The van der Waals surface area contributed by atoms with Crippen LogP contribution < -0.4 is 5.32 Å². The highest BCUT2D eigenvalue weighted by Crippen LogP contribution is 2.15. The van der Waals surface area contributed by atoms with Gasteiger partial charge in [0.2, 0.25) is 0 Å². The average molecular weight is 319 g/mol. The maximum Gasteiger partial charge on any atom is 0.255 e. The molecule has 4 heteroatoms. The fourth-order valence-electron chi connectivity index (χ4n) is 2.55. The molecule has 0 bridgehead atoms. The molecular weight excluding hydrogens is 290 g/mol. The summed E-state index contributed by atoms with van der Waals surface area (Å²) in [5.74, 6) is -0.184. The van der Waals surface area contributed by atoms with Gasteiger partial charge in [0.1, 0.15) is 12.0 Å². The molecule has 128 valence electrons. The molecule has 0 saturated heterocycles. The van der Waals surface area contributed by atoms with Crippen LogP contribution in [0.25, 0.3) is 0 Å². The number of aldehydes is 1. The van der Waals surface area contributed by atoms with E-state index >= 15 is 0 Å². The Hall–Kier alpha value is -1.84. The van der Waals surface area contributed by atoms with Crippen molar-refractivity contribution in [3.05, 3.63) is 29.8 Å². The monoisotopic (exact) mass is 319 g/mol. The second kappa shape index (κ2) is 12.7. The Kier molecular flexibility index (Phi) is 10.6. The highest BCUT2D eigenvalue weighted by Gasteiger charge is 2.08. The van der Waals surface area contributed by atoms with Crippen LogP contribution in [0.2, 0.25) is 0 Å². The summed E-state index contributed by atoms with van der Waals surface area (Å²) in [6.45, 7) is 0.652. The molecule has 0 radical (unpaired) electrons. The third-order valence-corrected chi connectivity index (χ3v) is 3.93. The molecule has 1 aromatic carbocycles. The van der Waals surface area contributed by atoms with Gasteiger partial charge >= 0.3 is 0 Å². The molecule has 0 atom stereocenters. The average Bonchev–Trinajstić information content (AvgIpc) is 2.56. The van der Waals surface area contributed by atoms with E-state index < -0.39 is 0 Å². The number of para-hydroxylation sites is 1. The molecule has 1 amide bonds. The fraction of sp³-hybridized carbons (Fsp3) is 0.579. The van der Waals surface area contributed by atoms with Crippen molar-refractivity contribution in [2.75, 3.05) is 6.54 Å². The normalized spacial score (nSPS) is 10.4. The van der Waals surface area contributed by atoms with E-state index in [4.69, 9.17) is 0 Å². The number of benzene rings is 1. The van der Waals surface area contributed by atoms with Gasteiger partial charge in [-0.1, -0.05) is 57.1 Å². The van der Waals surface area contributed by atoms with E-state index in [0.717, 1.165) is 32.0 Å². The van der Waals surface area contributed by atoms with Crippen LogP contribution in [0.4, 0.5) is 0 Å². The van der Waals surface area contributed by atoms with Gasteiger partial charge in [-0.25, -0.2) is 0 Å². The molecule has 0 heterocycles. The molecule has 1 rings (SSSR count). The zero-order chi connectivity index (χ0) is 16.8. The highest BCUT2D eigenvalue weighted by molar-refractivity contribution is 5.96. The van der Waals surface area contributed by atoms with Crippen LogP contribution in [-0.4, -0.2) is 23.8 Å². The van der Waals surface area contributed by atoms with Crippen molar-refractivity contribution in [3.63, 3.8) is 0 Å². The van der Waals surface area contributed by atoms with Gasteiger partial charge < -0.3 is 15.2 Å². The molecule has 0 spiro atoms. The van der Waals surface area contributed by atoms with Crippen molar-refractivity contribution >= 4 is 12.2 Å². The summed E-state index contributed by atoms with van der Waals surface area (Å²) in [4.78, 5) is 22.0. The lowest BCUT2D eigenvalue weighted by atomic mass is 10.1. The molecule has 4 nitrogen and oxygen atoms in total. The van der Waals surface area contributed by atoms with Crippen molar-refractivity contribution in [3.8, 4) is 5.75 Å². The minimum absolute atomic E-state index is 0.0261. The van der Waals surface area contributed by atoms with E-state index in [9.17, 15) is 14.7 Å². The summed E-state index contributed by atoms with van der Waals surface area (Å²) in [7, 11) is 0. The van der Waals surface area contributed by atoms with Gasteiger partial charge in [0.15, 0.2) is 0 Å². The predicted octanol–water partition coefficient (Wildman–Crippen LogP) is 4.22. The third kappa shape index (κ3) is 9.01. The van der Waals surface area contributed by atoms with E-state index in [1.165, 1.54) is 38.2 Å². The van der Waals surface area contributed by atoms with Gasteiger partial charge in [-0.3, -0.25) is 4.79 Å². The number of amides is 1. The van der Waals surface area contributed by atoms with E-state index in [1.54, 1.807) is 18.2 Å². The van der Waals surface area contributed by atoms with Gasteiger partial charge in [0, 0.05) is 13.0 Å². The van der Waals surface area contributed by atoms with Crippen molar-refractivity contribution in [2.45, 2.75) is 64.2 Å². The summed E-state index contributed by atoms with van der Waals surface area (Å²) < 4.78 is 0. The number of nitrogens with one attached hydrogen (secondary N) is 1. The number of aromatic hydroxyl groups is 1. The Morgan fingerprint density at radius 2 is 1.48 bits per heavy atom.